The van der Waals surface area contributed by atoms with Crippen LogP contribution < -0.4 is 5.32 Å². The number of carbonyl (C=O) groups is 2. The van der Waals surface area contributed by atoms with Crippen LogP contribution in [0.1, 0.15) is 18.9 Å². The topological polar surface area (TPSA) is 66.4 Å². The number of amides is 1. The van der Waals surface area contributed by atoms with Crippen molar-refractivity contribution in [2.45, 2.75) is 25.8 Å². The van der Waals surface area contributed by atoms with E-state index in [4.69, 9.17) is 16.7 Å². The van der Waals surface area contributed by atoms with Gasteiger partial charge in [-0.25, -0.2) is 0 Å². The maximum absolute atomic E-state index is 11.4. The first-order valence-corrected chi connectivity index (χ1v) is 5.64. The molecular weight excluding hydrogens is 242 g/mol. The molecule has 0 spiro atoms. The van der Waals surface area contributed by atoms with Gasteiger partial charge in [-0.3, -0.25) is 9.59 Å². The Morgan fingerprint density at radius 3 is 2.65 bits per heavy atom. The number of hydrogen-bond acceptors (Lipinski definition) is 2. The van der Waals surface area contributed by atoms with Gasteiger partial charge in [-0.2, -0.15) is 0 Å². The fourth-order valence-electron chi connectivity index (χ4n) is 1.32. The summed E-state index contributed by atoms with van der Waals surface area (Å²) in [5.74, 6) is -1.34. The molecule has 1 atom stereocenters. The van der Waals surface area contributed by atoms with Gasteiger partial charge in [0.1, 0.15) is 6.04 Å². The maximum Gasteiger partial charge on any atom is 0.325 e. The summed E-state index contributed by atoms with van der Waals surface area (Å²) < 4.78 is 0. The molecule has 2 N–H and O–H groups in total. The van der Waals surface area contributed by atoms with Crippen molar-refractivity contribution in [2.75, 3.05) is 0 Å². The molecule has 4 nitrogen and oxygen atoms in total. The molecule has 1 unspecified atom stereocenters. The van der Waals surface area contributed by atoms with Crippen LogP contribution >= 0.6 is 11.6 Å². The van der Waals surface area contributed by atoms with E-state index in [2.05, 4.69) is 5.32 Å². The monoisotopic (exact) mass is 255 g/mol. The molecule has 0 bridgehead atoms. The van der Waals surface area contributed by atoms with Gasteiger partial charge >= 0.3 is 5.97 Å². The minimum absolute atomic E-state index is 0.224. The summed E-state index contributed by atoms with van der Waals surface area (Å²) in [7, 11) is 0. The van der Waals surface area contributed by atoms with E-state index in [9.17, 15) is 9.59 Å². The van der Waals surface area contributed by atoms with E-state index in [-0.39, 0.29) is 12.3 Å². The normalized spacial score (nSPS) is 11.9. The van der Waals surface area contributed by atoms with Gasteiger partial charge < -0.3 is 10.4 Å². The second kappa shape index (κ2) is 6.25. The zero-order valence-electron chi connectivity index (χ0n) is 9.44. The molecule has 0 saturated carbocycles. The number of rotatable bonds is 5. The summed E-state index contributed by atoms with van der Waals surface area (Å²) >= 11 is 5.94. The van der Waals surface area contributed by atoms with Crippen molar-refractivity contribution in [3.8, 4) is 0 Å². The van der Waals surface area contributed by atoms with Crippen molar-refractivity contribution < 1.29 is 14.7 Å². The van der Waals surface area contributed by atoms with Gasteiger partial charge in [0.15, 0.2) is 0 Å². The first-order valence-electron chi connectivity index (χ1n) is 5.26. The number of carboxylic acids is 1. The second-order valence-electron chi connectivity index (χ2n) is 3.72. The molecule has 1 aromatic rings. The molecule has 0 radical (unpaired) electrons. The van der Waals surface area contributed by atoms with Crippen molar-refractivity contribution in [3.05, 3.63) is 34.9 Å². The van der Waals surface area contributed by atoms with Crippen LogP contribution in [-0.4, -0.2) is 23.0 Å². The number of benzene rings is 1. The molecule has 0 aliphatic rings. The van der Waals surface area contributed by atoms with Crippen LogP contribution in [0.4, 0.5) is 0 Å². The van der Waals surface area contributed by atoms with Crippen LogP contribution in [0.2, 0.25) is 5.02 Å². The van der Waals surface area contributed by atoms with Gasteiger partial charge in [-0.05, 0) is 25.0 Å². The summed E-state index contributed by atoms with van der Waals surface area (Å²) in [5, 5.41) is 11.6. The van der Waals surface area contributed by atoms with Gasteiger partial charge in [0.25, 0.3) is 0 Å². The fourth-order valence-corrected chi connectivity index (χ4v) is 1.55. The van der Waals surface area contributed by atoms with Gasteiger partial charge in [-0.1, -0.05) is 29.8 Å². The largest absolute Gasteiger partial charge is 0.480 e. The van der Waals surface area contributed by atoms with Gasteiger partial charge in [0.05, 0.1) is 0 Å². The number of halogens is 1. The summed E-state index contributed by atoms with van der Waals surface area (Å²) in [6, 6.07) is 6.40. The van der Waals surface area contributed by atoms with E-state index in [1.54, 1.807) is 6.07 Å². The highest BCUT2D eigenvalue weighted by Crippen LogP contribution is 2.16. The van der Waals surface area contributed by atoms with E-state index in [0.29, 0.717) is 11.4 Å². The minimum atomic E-state index is -1.05. The Morgan fingerprint density at radius 1 is 1.41 bits per heavy atom. The number of hydrogen-bond donors (Lipinski definition) is 2. The highest BCUT2D eigenvalue weighted by molar-refractivity contribution is 6.31. The molecule has 0 aliphatic heterocycles. The van der Waals surface area contributed by atoms with Crippen LogP contribution in [0.25, 0.3) is 0 Å². The third-order valence-corrected chi connectivity index (χ3v) is 2.70. The molecule has 0 aromatic heterocycles. The Bertz CT molecular complexity index is 420. The third-order valence-electron chi connectivity index (χ3n) is 2.33. The molecule has 0 saturated heterocycles. The molecule has 1 aromatic carbocycles. The van der Waals surface area contributed by atoms with Crippen LogP contribution in [0.5, 0.6) is 0 Å². The molecular formula is C12H14ClNO3. The first kappa shape index (κ1) is 13.5. The van der Waals surface area contributed by atoms with Crippen molar-refractivity contribution in [1.29, 1.82) is 0 Å². The Kier molecular flexibility index (Phi) is 4.97. The van der Waals surface area contributed by atoms with E-state index < -0.39 is 12.0 Å². The summed E-state index contributed by atoms with van der Waals surface area (Å²) in [5.41, 5.74) is 0.882. The highest BCUT2D eigenvalue weighted by atomic mass is 35.5. The average Bonchev–Trinajstić information content (AvgIpc) is 2.27. The van der Waals surface area contributed by atoms with E-state index >= 15 is 0 Å². The summed E-state index contributed by atoms with van der Waals surface area (Å²) in [6.45, 7) is 1.43. The number of carboxylic acid groups (broad SMARTS) is 1. The van der Waals surface area contributed by atoms with Crippen LogP contribution in [0.15, 0.2) is 24.3 Å². The van der Waals surface area contributed by atoms with Gasteiger partial charge in [-0.15, -0.1) is 0 Å². The number of aliphatic carboxylic acids is 1. The molecule has 0 fully saturated rings. The predicted molar refractivity (Wildman–Crippen MR) is 65.0 cm³/mol. The number of aryl methyl sites for hydroxylation is 1. The quantitative estimate of drug-likeness (QED) is 0.844. The lowest BCUT2D eigenvalue weighted by molar-refractivity contribution is -0.141. The third kappa shape index (κ3) is 4.44. The molecule has 0 aliphatic carbocycles. The Labute approximate surface area is 105 Å². The first-order chi connectivity index (χ1) is 8.00. The molecule has 1 rings (SSSR count). The summed E-state index contributed by atoms with van der Waals surface area (Å²) in [6.07, 6.45) is 0.721. The molecule has 17 heavy (non-hydrogen) atoms. The lowest BCUT2D eigenvalue weighted by atomic mass is 10.1. The van der Waals surface area contributed by atoms with Crippen molar-refractivity contribution in [2.24, 2.45) is 0 Å². The Balaban J connectivity index is 2.44. The van der Waals surface area contributed by atoms with Gasteiger partial charge in [0, 0.05) is 11.4 Å². The van der Waals surface area contributed by atoms with Crippen LogP contribution in [0, 0.1) is 0 Å². The Hall–Kier alpha value is -1.55. The van der Waals surface area contributed by atoms with Crippen LogP contribution in [-0.2, 0) is 16.0 Å². The fraction of sp³-hybridized carbons (Fsp3) is 0.333. The molecule has 5 heteroatoms. The average molecular weight is 256 g/mol. The zero-order valence-corrected chi connectivity index (χ0v) is 10.2. The van der Waals surface area contributed by atoms with Crippen molar-refractivity contribution >= 4 is 23.5 Å². The number of carbonyl (C=O) groups excluding carboxylic acids is 1. The Morgan fingerprint density at radius 2 is 2.06 bits per heavy atom. The lowest BCUT2D eigenvalue weighted by Crippen LogP contribution is -2.38. The summed E-state index contributed by atoms with van der Waals surface area (Å²) in [4.78, 5) is 22.0. The number of nitrogens with one attached hydrogen (secondary N) is 1. The van der Waals surface area contributed by atoms with Crippen LogP contribution in [0.3, 0.4) is 0 Å². The maximum atomic E-state index is 11.4. The van der Waals surface area contributed by atoms with Gasteiger partial charge in [0.2, 0.25) is 5.91 Å². The minimum Gasteiger partial charge on any atom is -0.480 e. The SMILES string of the molecule is CC(NC(=O)CCc1ccccc1Cl)C(=O)O. The van der Waals surface area contributed by atoms with E-state index in [1.165, 1.54) is 6.92 Å². The lowest BCUT2D eigenvalue weighted by Gasteiger charge is -2.09. The zero-order chi connectivity index (χ0) is 12.8. The van der Waals surface area contributed by atoms with E-state index in [1.807, 2.05) is 18.2 Å². The smallest absolute Gasteiger partial charge is 0.325 e. The predicted octanol–water partition coefficient (Wildman–Crippen LogP) is 1.86. The van der Waals surface area contributed by atoms with Crippen molar-refractivity contribution in [3.63, 3.8) is 0 Å². The molecule has 92 valence electrons. The van der Waals surface area contributed by atoms with E-state index in [0.717, 1.165) is 5.56 Å². The highest BCUT2D eigenvalue weighted by Gasteiger charge is 2.13. The molecule has 1 amide bonds. The standard InChI is InChI=1S/C12H14ClNO3/c1-8(12(16)17)14-11(15)7-6-9-4-2-3-5-10(9)13/h2-5,8H,6-7H2,1H3,(H,14,15)(H,16,17). The van der Waals surface area contributed by atoms with Crippen molar-refractivity contribution in [1.82, 2.24) is 5.32 Å². The second-order valence-corrected chi connectivity index (χ2v) is 4.13. The molecule has 0 heterocycles.